The summed E-state index contributed by atoms with van der Waals surface area (Å²) in [6.45, 7) is 7.53. The summed E-state index contributed by atoms with van der Waals surface area (Å²) in [6.07, 6.45) is 2.88. The summed E-state index contributed by atoms with van der Waals surface area (Å²) in [6, 6.07) is 12.1. The molecule has 2 N–H and O–H groups in total. The van der Waals surface area contributed by atoms with Gasteiger partial charge in [0, 0.05) is 29.2 Å². The van der Waals surface area contributed by atoms with Crippen molar-refractivity contribution < 1.29 is 14.3 Å². The Labute approximate surface area is 171 Å². The van der Waals surface area contributed by atoms with Crippen LogP contribution >= 0.6 is 0 Å². The molecule has 0 bridgehead atoms. The molecule has 152 valence electrons. The first-order valence-corrected chi connectivity index (χ1v) is 9.98. The van der Waals surface area contributed by atoms with Crippen molar-refractivity contribution in [2.24, 2.45) is 0 Å². The van der Waals surface area contributed by atoms with Gasteiger partial charge < -0.3 is 15.0 Å². The minimum absolute atomic E-state index is 0.277. The molecule has 0 aliphatic heterocycles. The minimum atomic E-state index is -0.837. The summed E-state index contributed by atoms with van der Waals surface area (Å²) in [4.78, 5) is 27.9. The van der Waals surface area contributed by atoms with Crippen LogP contribution in [0.5, 0.6) is 0 Å². The number of carbonyl (C=O) groups is 2. The molecule has 1 atom stereocenters. The number of esters is 1. The zero-order chi connectivity index (χ0) is 21.0. The lowest BCUT2D eigenvalue weighted by Gasteiger charge is -2.17. The highest BCUT2D eigenvalue weighted by Gasteiger charge is 2.19. The van der Waals surface area contributed by atoms with E-state index in [0.29, 0.717) is 6.42 Å². The number of anilines is 1. The summed E-state index contributed by atoms with van der Waals surface area (Å²) in [7, 11) is 0. The van der Waals surface area contributed by atoms with Gasteiger partial charge in [-0.05, 0) is 63.3 Å². The van der Waals surface area contributed by atoms with E-state index in [1.807, 2.05) is 57.3 Å². The maximum Gasteiger partial charge on any atom is 0.306 e. The molecule has 5 nitrogen and oxygen atoms in total. The van der Waals surface area contributed by atoms with Crippen LogP contribution in [0.2, 0.25) is 0 Å². The molecule has 0 aliphatic carbocycles. The number of para-hydroxylation sites is 1. The third kappa shape index (κ3) is 5.05. The molecule has 0 saturated carbocycles. The first-order valence-electron chi connectivity index (χ1n) is 9.98. The molecular formula is C24H28N2O3. The Morgan fingerprint density at radius 2 is 1.79 bits per heavy atom. The van der Waals surface area contributed by atoms with Crippen LogP contribution in [0.1, 0.15) is 42.0 Å². The van der Waals surface area contributed by atoms with Crippen LogP contribution in [0, 0.1) is 20.8 Å². The van der Waals surface area contributed by atoms with Crippen molar-refractivity contribution in [1.29, 1.82) is 0 Å². The van der Waals surface area contributed by atoms with Gasteiger partial charge in [-0.3, -0.25) is 9.59 Å². The average molecular weight is 392 g/mol. The molecular weight excluding hydrogens is 364 g/mol. The Morgan fingerprint density at radius 1 is 1.10 bits per heavy atom. The van der Waals surface area contributed by atoms with Crippen molar-refractivity contribution in [3.63, 3.8) is 0 Å². The Bertz CT molecular complexity index is 1010. The number of hydrogen-bond acceptors (Lipinski definition) is 3. The lowest BCUT2D eigenvalue weighted by molar-refractivity contribution is -0.153. The van der Waals surface area contributed by atoms with E-state index >= 15 is 0 Å². The monoisotopic (exact) mass is 392 g/mol. The quantitative estimate of drug-likeness (QED) is 0.557. The number of benzene rings is 2. The number of hydrogen-bond donors (Lipinski definition) is 2. The number of aromatic amines is 1. The van der Waals surface area contributed by atoms with Crippen LogP contribution in [0.3, 0.4) is 0 Å². The number of ether oxygens (including phenoxy) is 1. The van der Waals surface area contributed by atoms with E-state index < -0.39 is 6.10 Å². The second kappa shape index (κ2) is 8.95. The molecule has 3 aromatic rings. The molecule has 1 aromatic heterocycles. The Morgan fingerprint density at radius 3 is 2.52 bits per heavy atom. The first kappa shape index (κ1) is 20.6. The molecule has 29 heavy (non-hydrogen) atoms. The Kier molecular flexibility index (Phi) is 6.37. The van der Waals surface area contributed by atoms with E-state index in [1.54, 1.807) is 6.92 Å². The fourth-order valence-electron chi connectivity index (χ4n) is 3.67. The number of amides is 1. The first-order chi connectivity index (χ1) is 13.8. The molecule has 0 radical (unpaired) electrons. The zero-order valence-corrected chi connectivity index (χ0v) is 17.5. The van der Waals surface area contributed by atoms with Crippen molar-refractivity contribution in [3.8, 4) is 0 Å². The van der Waals surface area contributed by atoms with Crippen LogP contribution in [0.4, 0.5) is 5.69 Å². The molecule has 1 heterocycles. The maximum absolute atomic E-state index is 12.5. The maximum atomic E-state index is 12.5. The van der Waals surface area contributed by atoms with E-state index in [9.17, 15) is 9.59 Å². The van der Waals surface area contributed by atoms with Crippen molar-refractivity contribution >= 4 is 28.5 Å². The van der Waals surface area contributed by atoms with E-state index in [-0.39, 0.29) is 18.3 Å². The molecule has 0 aliphatic rings. The lowest BCUT2D eigenvalue weighted by atomic mass is 10.0. The van der Waals surface area contributed by atoms with Crippen LogP contribution in [0.25, 0.3) is 10.9 Å². The summed E-state index contributed by atoms with van der Waals surface area (Å²) in [5.74, 6) is -0.671. The molecule has 0 saturated heterocycles. The zero-order valence-electron chi connectivity index (χ0n) is 17.5. The summed E-state index contributed by atoms with van der Waals surface area (Å²) in [5, 5.41) is 4.07. The van der Waals surface area contributed by atoms with Gasteiger partial charge in [0.25, 0.3) is 5.91 Å². The highest BCUT2D eigenvalue weighted by atomic mass is 16.5. The van der Waals surface area contributed by atoms with Gasteiger partial charge in [-0.1, -0.05) is 35.9 Å². The van der Waals surface area contributed by atoms with Crippen LogP contribution in [-0.4, -0.2) is 23.0 Å². The smallest absolute Gasteiger partial charge is 0.306 e. The third-order valence-electron chi connectivity index (χ3n) is 5.10. The molecule has 1 amide bonds. The third-order valence-corrected chi connectivity index (χ3v) is 5.10. The van der Waals surface area contributed by atoms with Gasteiger partial charge in [0.2, 0.25) is 0 Å². The van der Waals surface area contributed by atoms with Gasteiger partial charge >= 0.3 is 5.97 Å². The standard InChI is InChI=1S/C24H28N2O3/c1-15-12-16(2)23(17(3)13-15)26-24(28)18(4)29-22(27)11-7-8-19-14-25-21-10-6-5-9-20(19)21/h5-6,9-10,12-14,18,25H,7-8,11H2,1-4H3,(H,26,28)/t18-/m1/s1. The van der Waals surface area contributed by atoms with Crippen LogP contribution in [-0.2, 0) is 20.7 Å². The van der Waals surface area contributed by atoms with E-state index in [2.05, 4.69) is 16.4 Å². The van der Waals surface area contributed by atoms with Crippen molar-refractivity contribution in [2.75, 3.05) is 5.32 Å². The number of H-pyrrole nitrogens is 1. The van der Waals surface area contributed by atoms with Gasteiger partial charge in [0.15, 0.2) is 6.10 Å². The summed E-state index contributed by atoms with van der Waals surface area (Å²) >= 11 is 0. The van der Waals surface area contributed by atoms with E-state index in [4.69, 9.17) is 4.74 Å². The molecule has 0 fully saturated rings. The average Bonchev–Trinajstić information content (AvgIpc) is 3.07. The number of rotatable bonds is 7. The largest absolute Gasteiger partial charge is 0.453 e. The fourth-order valence-corrected chi connectivity index (χ4v) is 3.67. The minimum Gasteiger partial charge on any atom is -0.453 e. The van der Waals surface area contributed by atoms with Crippen molar-refractivity contribution in [2.45, 2.75) is 53.1 Å². The predicted molar refractivity (Wildman–Crippen MR) is 116 cm³/mol. The number of aryl methyl sites for hydroxylation is 4. The van der Waals surface area contributed by atoms with Crippen molar-refractivity contribution in [1.82, 2.24) is 4.98 Å². The van der Waals surface area contributed by atoms with E-state index in [1.165, 1.54) is 10.9 Å². The molecule has 5 heteroatoms. The van der Waals surface area contributed by atoms with Crippen LogP contribution in [0.15, 0.2) is 42.6 Å². The topological polar surface area (TPSA) is 71.2 Å². The number of fused-ring (bicyclic) bond motifs is 1. The second-order valence-corrected chi connectivity index (χ2v) is 7.61. The number of carbonyl (C=O) groups excluding carboxylic acids is 2. The van der Waals surface area contributed by atoms with Crippen LogP contribution < -0.4 is 5.32 Å². The summed E-state index contributed by atoms with van der Waals surface area (Å²) < 4.78 is 5.34. The van der Waals surface area contributed by atoms with Gasteiger partial charge in [-0.2, -0.15) is 0 Å². The lowest BCUT2D eigenvalue weighted by Crippen LogP contribution is -2.30. The SMILES string of the molecule is Cc1cc(C)c(NC(=O)[C@@H](C)OC(=O)CCCc2c[nH]c3ccccc23)c(C)c1. The Hall–Kier alpha value is -3.08. The normalized spacial score (nSPS) is 12.0. The molecule has 3 rings (SSSR count). The summed E-state index contributed by atoms with van der Waals surface area (Å²) in [5.41, 5.74) is 6.19. The van der Waals surface area contributed by atoms with E-state index in [0.717, 1.165) is 34.3 Å². The fraction of sp³-hybridized carbons (Fsp3) is 0.333. The second-order valence-electron chi connectivity index (χ2n) is 7.61. The number of aromatic nitrogens is 1. The highest BCUT2D eigenvalue weighted by molar-refractivity contribution is 5.96. The molecule has 0 spiro atoms. The van der Waals surface area contributed by atoms with Crippen molar-refractivity contribution in [3.05, 3.63) is 64.8 Å². The highest BCUT2D eigenvalue weighted by Crippen LogP contribution is 2.22. The molecule has 2 aromatic carbocycles. The van der Waals surface area contributed by atoms with Gasteiger partial charge in [-0.25, -0.2) is 0 Å². The Balaban J connectivity index is 1.49. The van der Waals surface area contributed by atoms with Gasteiger partial charge in [0.1, 0.15) is 0 Å². The predicted octanol–water partition coefficient (Wildman–Crippen LogP) is 4.99. The van der Waals surface area contributed by atoms with Gasteiger partial charge in [-0.15, -0.1) is 0 Å². The molecule has 0 unspecified atom stereocenters. The van der Waals surface area contributed by atoms with Gasteiger partial charge in [0.05, 0.1) is 0 Å². The number of nitrogens with one attached hydrogen (secondary N) is 2.